The van der Waals surface area contributed by atoms with E-state index in [9.17, 15) is 14.4 Å². The molecule has 20 heavy (non-hydrogen) atoms. The van der Waals surface area contributed by atoms with Gasteiger partial charge in [0.1, 0.15) is 6.04 Å². The Kier molecular flexibility index (Phi) is 4.57. The van der Waals surface area contributed by atoms with Gasteiger partial charge in [-0.2, -0.15) is 0 Å². The third-order valence-electron chi connectivity index (χ3n) is 2.70. The molecule has 1 fully saturated rings. The number of ether oxygens (including phenoxy) is 1. The van der Waals surface area contributed by atoms with Gasteiger partial charge < -0.3 is 15.4 Å². The van der Waals surface area contributed by atoms with Crippen LogP contribution in [-0.2, 0) is 19.1 Å². The Balaban J connectivity index is 1.82. The molecule has 0 saturated carbocycles. The van der Waals surface area contributed by atoms with Crippen LogP contribution in [-0.4, -0.2) is 47.7 Å². The number of thioether (sulfide) groups is 1. The SMILES string of the molecule is COC(=O)C1NC(=O)C1NC(=O)CSc1ccncc1. The number of hydrogen-bond donors (Lipinski definition) is 2. The fraction of sp³-hybridized carbons (Fsp3) is 0.333. The predicted octanol–water partition coefficient (Wildman–Crippen LogP) is -0.670. The molecule has 8 heteroatoms. The lowest BCUT2D eigenvalue weighted by Crippen LogP contribution is -2.72. The summed E-state index contributed by atoms with van der Waals surface area (Å²) in [4.78, 5) is 39.1. The average Bonchev–Trinajstić information content (AvgIpc) is 2.48. The number of esters is 1. The normalized spacial score (nSPS) is 20.6. The highest BCUT2D eigenvalue weighted by atomic mass is 32.2. The van der Waals surface area contributed by atoms with E-state index in [0.717, 1.165) is 4.90 Å². The van der Waals surface area contributed by atoms with Crippen molar-refractivity contribution in [2.24, 2.45) is 0 Å². The first-order valence-electron chi connectivity index (χ1n) is 5.82. The number of methoxy groups -OCH3 is 1. The van der Waals surface area contributed by atoms with Crippen LogP contribution in [0.4, 0.5) is 0 Å². The molecular formula is C12H13N3O4S. The lowest BCUT2D eigenvalue weighted by molar-refractivity contribution is -0.153. The van der Waals surface area contributed by atoms with Crippen molar-refractivity contribution >= 4 is 29.5 Å². The molecule has 2 atom stereocenters. The van der Waals surface area contributed by atoms with Crippen LogP contribution in [0.15, 0.2) is 29.4 Å². The van der Waals surface area contributed by atoms with E-state index >= 15 is 0 Å². The fourth-order valence-corrected chi connectivity index (χ4v) is 2.35. The van der Waals surface area contributed by atoms with Gasteiger partial charge in [0.2, 0.25) is 11.8 Å². The number of nitrogens with zero attached hydrogens (tertiary/aromatic N) is 1. The zero-order valence-corrected chi connectivity index (χ0v) is 11.5. The Hall–Kier alpha value is -2.09. The topological polar surface area (TPSA) is 97.4 Å². The molecule has 2 amide bonds. The number of carbonyl (C=O) groups is 3. The highest BCUT2D eigenvalue weighted by molar-refractivity contribution is 8.00. The van der Waals surface area contributed by atoms with E-state index in [1.807, 2.05) is 0 Å². The second kappa shape index (κ2) is 6.38. The number of pyridine rings is 1. The largest absolute Gasteiger partial charge is 0.467 e. The van der Waals surface area contributed by atoms with Crippen LogP contribution in [0.5, 0.6) is 0 Å². The summed E-state index contributed by atoms with van der Waals surface area (Å²) in [6.07, 6.45) is 3.26. The van der Waals surface area contributed by atoms with Gasteiger partial charge in [-0.1, -0.05) is 0 Å². The third-order valence-corrected chi connectivity index (χ3v) is 3.72. The molecule has 1 aromatic rings. The maximum Gasteiger partial charge on any atom is 0.331 e. The van der Waals surface area contributed by atoms with Crippen LogP contribution in [0.3, 0.4) is 0 Å². The molecular weight excluding hydrogens is 282 g/mol. The number of nitrogens with one attached hydrogen (secondary N) is 2. The molecule has 0 aliphatic carbocycles. The van der Waals surface area contributed by atoms with Gasteiger partial charge in [0.25, 0.3) is 0 Å². The number of amides is 2. The fourth-order valence-electron chi connectivity index (χ4n) is 1.65. The van der Waals surface area contributed by atoms with Crippen LogP contribution >= 0.6 is 11.8 Å². The van der Waals surface area contributed by atoms with E-state index in [-0.39, 0.29) is 17.6 Å². The second-order valence-corrected chi connectivity index (χ2v) is 5.07. The molecule has 0 aromatic carbocycles. The van der Waals surface area contributed by atoms with Crippen LogP contribution < -0.4 is 10.6 Å². The molecule has 2 rings (SSSR count). The van der Waals surface area contributed by atoms with Crippen LogP contribution in [0.1, 0.15) is 0 Å². The third kappa shape index (κ3) is 3.27. The summed E-state index contributed by atoms with van der Waals surface area (Å²) < 4.78 is 4.53. The van der Waals surface area contributed by atoms with Gasteiger partial charge >= 0.3 is 5.97 Å². The van der Waals surface area contributed by atoms with Gasteiger partial charge in [0.05, 0.1) is 12.9 Å². The van der Waals surface area contributed by atoms with E-state index in [0.29, 0.717) is 0 Å². The number of carbonyl (C=O) groups excluding carboxylic acids is 3. The maximum atomic E-state index is 11.7. The standard InChI is InChI=1S/C12H13N3O4S/c1-19-12(18)10-9(11(17)15-10)14-8(16)6-20-7-2-4-13-5-3-7/h2-5,9-10H,6H2,1H3,(H,14,16)(H,15,17). The van der Waals surface area contributed by atoms with Gasteiger partial charge in [-0.15, -0.1) is 11.8 Å². The summed E-state index contributed by atoms with van der Waals surface area (Å²) >= 11 is 1.32. The van der Waals surface area contributed by atoms with Crippen molar-refractivity contribution in [3.8, 4) is 0 Å². The van der Waals surface area contributed by atoms with Crippen molar-refractivity contribution in [2.75, 3.05) is 12.9 Å². The molecule has 2 unspecified atom stereocenters. The van der Waals surface area contributed by atoms with Gasteiger partial charge in [-0.05, 0) is 12.1 Å². The first-order valence-corrected chi connectivity index (χ1v) is 6.81. The zero-order chi connectivity index (χ0) is 14.5. The van der Waals surface area contributed by atoms with Crippen molar-refractivity contribution in [1.29, 1.82) is 0 Å². The molecule has 0 radical (unpaired) electrons. The van der Waals surface area contributed by atoms with Gasteiger partial charge in [-0.3, -0.25) is 14.6 Å². The summed E-state index contributed by atoms with van der Waals surface area (Å²) in [5, 5.41) is 4.89. The van der Waals surface area contributed by atoms with E-state index < -0.39 is 18.1 Å². The summed E-state index contributed by atoms with van der Waals surface area (Å²) in [6.45, 7) is 0. The van der Waals surface area contributed by atoms with Gasteiger partial charge in [0.15, 0.2) is 6.04 Å². The monoisotopic (exact) mass is 295 g/mol. The molecule has 1 aliphatic heterocycles. The first kappa shape index (κ1) is 14.3. The van der Waals surface area contributed by atoms with E-state index in [1.54, 1.807) is 24.5 Å². The highest BCUT2D eigenvalue weighted by Gasteiger charge is 2.45. The Bertz CT molecular complexity index is 523. The van der Waals surface area contributed by atoms with Crippen LogP contribution in [0, 0.1) is 0 Å². The molecule has 106 valence electrons. The van der Waals surface area contributed by atoms with Crippen molar-refractivity contribution in [3.05, 3.63) is 24.5 Å². The van der Waals surface area contributed by atoms with E-state index in [4.69, 9.17) is 0 Å². The minimum absolute atomic E-state index is 0.154. The lowest BCUT2D eigenvalue weighted by atomic mass is 9.99. The Morgan fingerprint density at radius 3 is 2.75 bits per heavy atom. The molecule has 2 heterocycles. The maximum absolute atomic E-state index is 11.7. The second-order valence-electron chi connectivity index (χ2n) is 4.03. The smallest absolute Gasteiger partial charge is 0.331 e. The van der Waals surface area contributed by atoms with Crippen molar-refractivity contribution in [1.82, 2.24) is 15.6 Å². The first-order chi connectivity index (χ1) is 9.61. The highest BCUT2D eigenvalue weighted by Crippen LogP contribution is 2.16. The Morgan fingerprint density at radius 1 is 1.45 bits per heavy atom. The van der Waals surface area contributed by atoms with E-state index in [2.05, 4.69) is 20.4 Å². The minimum Gasteiger partial charge on any atom is -0.467 e. The Labute approximate surface area is 119 Å². The summed E-state index contributed by atoms with van der Waals surface area (Å²) in [7, 11) is 1.23. The molecule has 1 aromatic heterocycles. The van der Waals surface area contributed by atoms with Crippen molar-refractivity contribution in [3.63, 3.8) is 0 Å². The molecule has 2 N–H and O–H groups in total. The quantitative estimate of drug-likeness (QED) is 0.425. The van der Waals surface area contributed by atoms with Crippen molar-refractivity contribution in [2.45, 2.75) is 17.0 Å². The number of rotatable bonds is 5. The summed E-state index contributed by atoms with van der Waals surface area (Å²) in [5.41, 5.74) is 0. The van der Waals surface area contributed by atoms with Crippen molar-refractivity contribution < 1.29 is 19.1 Å². The zero-order valence-electron chi connectivity index (χ0n) is 10.7. The predicted molar refractivity (Wildman–Crippen MR) is 70.8 cm³/mol. The van der Waals surface area contributed by atoms with E-state index in [1.165, 1.54) is 18.9 Å². The molecule has 1 aliphatic rings. The minimum atomic E-state index is -0.854. The molecule has 1 saturated heterocycles. The number of aromatic nitrogens is 1. The average molecular weight is 295 g/mol. The summed E-state index contributed by atoms with van der Waals surface area (Å²) in [5.74, 6) is -1.12. The van der Waals surface area contributed by atoms with Crippen LogP contribution in [0.2, 0.25) is 0 Å². The van der Waals surface area contributed by atoms with Crippen LogP contribution in [0.25, 0.3) is 0 Å². The summed E-state index contributed by atoms with van der Waals surface area (Å²) in [6, 6.07) is 1.91. The molecule has 7 nitrogen and oxygen atoms in total. The van der Waals surface area contributed by atoms with Gasteiger partial charge in [-0.25, -0.2) is 4.79 Å². The molecule has 0 spiro atoms. The number of β-lactam (4-membered cyclic amide) rings is 1. The number of hydrogen-bond acceptors (Lipinski definition) is 6. The molecule has 0 bridgehead atoms. The Morgan fingerprint density at radius 2 is 2.15 bits per heavy atom. The van der Waals surface area contributed by atoms with Gasteiger partial charge in [0, 0.05) is 17.3 Å². The lowest BCUT2D eigenvalue weighted by Gasteiger charge is -2.34.